The molecule has 1 amide bonds. The number of aromatic nitrogens is 2. The molecule has 2 aromatic heterocycles. The third-order valence-electron chi connectivity index (χ3n) is 3.59. The number of carbonyl (C=O) groups is 1. The number of phenolic OH excluding ortho intramolecular Hbond substituents is 1. The van der Waals surface area contributed by atoms with Crippen molar-refractivity contribution in [1.82, 2.24) is 15.3 Å². The lowest BCUT2D eigenvalue weighted by atomic mass is 10.1. The van der Waals surface area contributed by atoms with Crippen LogP contribution in [0.3, 0.4) is 0 Å². The minimum Gasteiger partial charge on any atom is -0.508 e. The van der Waals surface area contributed by atoms with E-state index in [1.807, 2.05) is 30.3 Å². The predicted molar refractivity (Wildman–Crippen MR) is 91.6 cm³/mol. The minimum atomic E-state index is -0.145. The Morgan fingerprint density at radius 3 is 2.50 bits per heavy atom. The van der Waals surface area contributed by atoms with Crippen LogP contribution in [-0.2, 0) is 6.42 Å². The van der Waals surface area contributed by atoms with Crippen molar-refractivity contribution in [1.29, 1.82) is 0 Å². The van der Waals surface area contributed by atoms with Gasteiger partial charge in [-0.2, -0.15) is 0 Å². The average molecular weight is 319 g/mol. The zero-order valence-electron chi connectivity index (χ0n) is 13.0. The summed E-state index contributed by atoms with van der Waals surface area (Å²) < 4.78 is 0. The summed E-state index contributed by atoms with van der Waals surface area (Å²) in [4.78, 5) is 20.8. The van der Waals surface area contributed by atoms with Crippen LogP contribution in [0.2, 0.25) is 0 Å². The zero-order valence-corrected chi connectivity index (χ0v) is 13.0. The third kappa shape index (κ3) is 3.95. The Hall–Kier alpha value is -3.21. The topological polar surface area (TPSA) is 75.1 Å². The second-order valence-corrected chi connectivity index (χ2v) is 5.32. The predicted octanol–water partition coefficient (Wildman–Crippen LogP) is 2.82. The maximum atomic E-state index is 12.3. The van der Waals surface area contributed by atoms with Gasteiger partial charge in [0.1, 0.15) is 5.75 Å². The number of rotatable bonds is 5. The maximum absolute atomic E-state index is 12.3. The van der Waals surface area contributed by atoms with E-state index in [1.165, 1.54) is 0 Å². The van der Waals surface area contributed by atoms with Gasteiger partial charge in [0.25, 0.3) is 5.91 Å². The largest absolute Gasteiger partial charge is 0.508 e. The average Bonchev–Trinajstić information content (AvgIpc) is 2.64. The van der Waals surface area contributed by atoms with Crippen LogP contribution in [-0.4, -0.2) is 27.5 Å². The van der Waals surface area contributed by atoms with E-state index < -0.39 is 0 Å². The van der Waals surface area contributed by atoms with Crippen molar-refractivity contribution in [2.75, 3.05) is 6.54 Å². The Morgan fingerprint density at radius 1 is 0.958 bits per heavy atom. The number of nitrogens with one attached hydrogen (secondary N) is 1. The molecule has 0 aliphatic carbocycles. The van der Waals surface area contributed by atoms with Crippen LogP contribution in [0.15, 0.2) is 67.0 Å². The number of aromatic hydroxyl groups is 1. The van der Waals surface area contributed by atoms with E-state index in [9.17, 15) is 9.90 Å². The first-order chi connectivity index (χ1) is 11.7. The quantitative estimate of drug-likeness (QED) is 0.758. The van der Waals surface area contributed by atoms with Crippen molar-refractivity contribution in [2.24, 2.45) is 0 Å². The number of phenols is 1. The summed E-state index contributed by atoms with van der Waals surface area (Å²) in [5, 5.41) is 12.1. The standard InChI is InChI=1S/C19H17N3O2/c23-16-6-4-14(5-7-16)8-11-22-19(24)15-9-12-21-18(13-15)17-3-1-2-10-20-17/h1-7,9-10,12-13,23H,8,11H2,(H,22,24). The smallest absolute Gasteiger partial charge is 0.251 e. The van der Waals surface area contributed by atoms with E-state index in [1.54, 1.807) is 36.7 Å². The van der Waals surface area contributed by atoms with Crippen LogP contribution in [0.5, 0.6) is 5.75 Å². The number of hydrogen-bond acceptors (Lipinski definition) is 4. The number of amides is 1. The molecule has 5 nitrogen and oxygen atoms in total. The Balaban J connectivity index is 1.62. The molecule has 0 saturated heterocycles. The molecule has 1 aromatic carbocycles. The van der Waals surface area contributed by atoms with Gasteiger partial charge in [-0.05, 0) is 48.4 Å². The molecule has 2 heterocycles. The Bertz CT molecular complexity index is 818. The summed E-state index contributed by atoms with van der Waals surface area (Å²) in [6, 6.07) is 16.0. The van der Waals surface area contributed by atoms with Gasteiger partial charge in [0.2, 0.25) is 0 Å². The van der Waals surface area contributed by atoms with Gasteiger partial charge in [-0.3, -0.25) is 14.8 Å². The molecule has 0 bridgehead atoms. The summed E-state index contributed by atoms with van der Waals surface area (Å²) in [5.41, 5.74) is 3.01. The molecule has 0 fully saturated rings. The first-order valence-corrected chi connectivity index (χ1v) is 7.66. The van der Waals surface area contributed by atoms with Gasteiger partial charge < -0.3 is 10.4 Å². The molecular formula is C19H17N3O2. The van der Waals surface area contributed by atoms with Crippen molar-refractivity contribution >= 4 is 5.91 Å². The van der Waals surface area contributed by atoms with Crippen LogP contribution in [0, 0.1) is 0 Å². The van der Waals surface area contributed by atoms with Crippen molar-refractivity contribution < 1.29 is 9.90 Å². The van der Waals surface area contributed by atoms with Crippen LogP contribution in [0.25, 0.3) is 11.4 Å². The summed E-state index contributed by atoms with van der Waals surface area (Å²) in [7, 11) is 0. The van der Waals surface area contributed by atoms with Gasteiger partial charge >= 0.3 is 0 Å². The molecule has 0 atom stereocenters. The SMILES string of the molecule is O=C(NCCc1ccc(O)cc1)c1ccnc(-c2ccccn2)c1. The molecule has 0 unspecified atom stereocenters. The van der Waals surface area contributed by atoms with E-state index in [0.29, 0.717) is 24.2 Å². The van der Waals surface area contributed by atoms with E-state index >= 15 is 0 Å². The number of nitrogens with zero attached hydrogens (tertiary/aromatic N) is 2. The fourth-order valence-corrected chi connectivity index (χ4v) is 2.31. The Morgan fingerprint density at radius 2 is 1.75 bits per heavy atom. The summed E-state index contributed by atoms with van der Waals surface area (Å²) in [5.74, 6) is 0.0926. The molecular weight excluding hydrogens is 302 g/mol. The zero-order chi connectivity index (χ0) is 16.8. The monoisotopic (exact) mass is 319 g/mol. The number of hydrogen-bond donors (Lipinski definition) is 2. The van der Waals surface area contributed by atoms with Crippen LogP contribution >= 0.6 is 0 Å². The van der Waals surface area contributed by atoms with Crippen molar-refractivity contribution in [3.8, 4) is 17.1 Å². The van der Waals surface area contributed by atoms with Gasteiger partial charge in [0, 0.05) is 24.5 Å². The second kappa shape index (κ2) is 7.37. The fraction of sp³-hybridized carbons (Fsp3) is 0.105. The highest BCUT2D eigenvalue weighted by Crippen LogP contribution is 2.14. The van der Waals surface area contributed by atoms with E-state index in [4.69, 9.17) is 0 Å². The van der Waals surface area contributed by atoms with Crippen molar-refractivity contribution in [3.05, 3.63) is 78.1 Å². The second-order valence-electron chi connectivity index (χ2n) is 5.32. The van der Waals surface area contributed by atoms with Crippen LogP contribution < -0.4 is 5.32 Å². The molecule has 0 spiro atoms. The number of benzene rings is 1. The number of pyridine rings is 2. The van der Waals surface area contributed by atoms with Crippen LogP contribution in [0.4, 0.5) is 0 Å². The molecule has 0 aliphatic rings. The first kappa shape index (κ1) is 15.7. The lowest BCUT2D eigenvalue weighted by Crippen LogP contribution is -2.25. The number of carbonyl (C=O) groups excluding carboxylic acids is 1. The van der Waals surface area contributed by atoms with E-state index in [-0.39, 0.29) is 11.7 Å². The lowest BCUT2D eigenvalue weighted by molar-refractivity contribution is 0.0954. The molecule has 2 N–H and O–H groups in total. The highest BCUT2D eigenvalue weighted by Gasteiger charge is 2.08. The molecule has 3 aromatic rings. The van der Waals surface area contributed by atoms with Crippen molar-refractivity contribution in [3.63, 3.8) is 0 Å². The van der Waals surface area contributed by atoms with Gasteiger partial charge in [0.05, 0.1) is 11.4 Å². The Kier molecular flexibility index (Phi) is 4.81. The molecule has 120 valence electrons. The van der Waals surface area contributed by atoms with Gasteiger partial charge in [-0.25, -0.2) is 0 Å². The van der Waals surface area contributed by atoms with Crippen molar-refractivity contribution in [2.45, 2.75) is 6.42 Å². The lowest BCUT2D eigenvalue weighted by Gasteiger charge is -2.07. The van der Waals surface area contributed by atoms with Gasteiger partial charge in [0.15, 0.2) is 0 Å². The molecule has 0 aliphatic heterocycles. The molecule has 3 rings (SSSR count). The highest BCUT2D eigenvalue weighted by atomic mass is 16.3. The van der Waals surface area contributed by atoms with Gasteiger partial charge in [-0.1, -0.05) is 18.2 Å². The summed E-state index contributed by atoms with van der Waals surface area (Å²) in [6.07, 6.45) is 4.00. The molecule has 24 heavy (non-hydrogen) atoms. The van der Waals surface area contributed by atoms with E-state index in [0.717, 1.165) is 11.3 Å². The molecule has 0 saturated carbocycles. The van der Waals surface area contributed by atoms with Gasteiger partial charge in [-0.15, -0.1) is 0 Å². The fourth-order valence-electron chi connectivity index (χ4n) is 2.31. The minimum absolute atomic E-state index is 0.145. The third-order valence-corrected chi connectivity index (χ3v) is 3.59. The molecule has 0 radical (unpaired) electrons. The first-order valence-electron chi connectivity index (χ1n) is 7.66. The molecule has 5 heteroatoms. The Labute approximate surface area is 140 Å². The maximum Gasteiger partial charge on any atom is 0.251 e. The summed E-state index contributed by atoms with van der Waals surface area (Å²) in [6.45, 7) is 0.519. The van der Waals surface area contributed by atoms with E-state index in [2.05, 4.69) is 15.3 Å². The normalized spacial score (nSPS) is 10.3. The summed E-state index contributed by atoms with van der Waals surface area (Å²) >= 11 is 0. The highest BCUT2D eigenvalue weighted by molar-refractivity contribution is 5.94. The van der Waals surface area contributed by atoms with Crippen LogP contribution in [0.1, 0.15) is 15.9 Å².